The number of rotatable bonds is 1. The second-order valence-electron chi connectivity index (χ2n) is 10.3. The van der Waals surface area contributed by atoms with Gasteiger partial charge in [0.15, 0.2) is 5.78 Å². The lowest BCUT2D eigenvalue weighted by Gasteiger charge is -2.62. The zero-order valence-corrected chi connectivity index (χ0v) is 17.2. The molecule has 4 N–H and O–H groups in total. The molecular formula is C23H30O7. The van der Waals surface area contributed by atoms with E-state index >= 15 is 0 Å². The van der Waals surface area contributed by atoms with Crippen LogP contribution in [-0.4, -0.2) is 49.6 Å². The third-order valence-corrected chi connectivity index (χ3v) is 9.22. The van der Waals surface area contributed by atoms with Crippen LogP contribution in [0.25, 0.3) is 0 Å². The van der Waals surface area contributed by atoms with Crippen LogP contribution in [-0.2, 0) is 4.79 Å². The first-order valence-electron chi connectivity index (χ1n) is 11.1. The summed E-state index contributed by atoms with van der Waals surface area (Å²) < 4.78 is 5.03. The minimum absolute atomic E-state index is 0.242. The molecule has 0 unspecified atom stereocenters. The molecule has 0 amide bonds. The zero-order chi connectivity index (χ0) is 21.5. The van der Waals surface area contributed by atoms with Crippen LogP contribution >= 0.6 is 0 Å². The van der Waals surface area contributed by atoms with Crippen LogP contribution in [0.15, 0.2) is 27.6 Å². The molecule has 30 heavy (non-hydrogen) atoms. The van der Waals surface area contributed by atoms with Crippen molar-refractivity contribution in [3.8, 4) is 0 Å². The fourth-order valence-electron chi connectivity index (χ4n) is 7.71. The maximum absolute atomic E-state index is 13.6. The molecule has 0 aromatic carbocycles. The highest BCUT2D eigenvalue weighted by Crippen LogP contribution is 2.67. The third kappa shape index (κ3) is 2.46. The Morgan fingerprint density at radius 1 is 1.00 bits per heavy atom. The zero-order valence-electron chi connectivity index (χ0n) is 17.2. The Labute approximate surface area is 174 Å². The quantitative estimate of drug-likeness (QED) is 0.538. The van der Waals surface area contributed by atoms with Gasteiger partial charge >= 0.3 is 5.63 Å². The maximum atomic E-state index is 13.6. The summed E-state index contributed by atoms with van der Waals surface area (Å²) in [5, 5.41) is 44.6. The molecule has 0 spiro atoms. The second-order valence-corrected chi connectivity index (χ2v) is 10.3. The van der Waals surface area contributed by atoms with Crippen LogP contribution in [0.2, 0.25) is 0 Å². The van der Waals surface area contributed by atoms with Gasteiger partial charge in [-0.05, 0) is 67.9 Å². The van der Waals surface area contributed by atoms with Crippen molar-refractivity contribution in [3.63, 3.8) is 0 Å². The number of ketones is 1. The van der Waals surface area contributed by atoms with Gasteiger partial charge in [-0.2, -0.15) is 0 Å². The van der Waals surface area contributed by atoms with Gasteiger partial charge in [0, 0.05) is 23.8 Å². The molecule has 1 heterocycles. The monoisotopic (exact) mass is 418 g/mol. The number of Topliss-reactive ketones (excluding diaryl/α,β-unsaturated/α-hetero) is 1. The minimum Gasteiger partial charge on any atom is -0.431 e. The Morgan fingerprint density at radius 2 is 1.77 bits per heavy atom. The molecule has 0 saturated heterocycles. The van der Waals surface area contributed by atoms with Gasteiger partial charge < -0.3 is 24.8 Å². The predicted octanol–water partition coefficient (Wildman–Crippen LogP) is 1.12. The summed E-state index contributed by atoms with van der Waals surface area (Å²) >= 11 is 0. The van der Waals surface area contributed by atoms with E-state index in [1.165, 1.54) is 12.3 Å². The number of fused-ring (bicyclic) bond motifs is 5. The molecule has 0 radical (unpaired) electrons. The van der Waals surface area contributed by atoms with Crippen molar-refractivity contribution < 1.29 is 29.6 Å². The lowest BCUT2D eigenvalue weighted by Crippen LogP contribution is -2.70. The van der Waals surface area contributed by atoms with Crippen molar-refractivity contribution >= 4 is 5.78 Å². The van der Waals surface area contributed by atoms with Crippen molar-refractivity contribution in [2.45, 2.75) is 81.2 Å². The van der Waals surface area contributed by atoms with E-state index in [1.807, 2.05) is 0 Å². The Morgan fingerprint density at radius 3 is 2.47 bits per heavy atom. The van der Waals surface area contributed by atoms with E-state index in [1.54, 1.807) is 13.0 Å². The number of carbonyl (C=O) groups excluding carboxylic acids is 1. The van der Waals surface area contributed by atoms with Crippen LogP contribution in [0.5, 0.6) is 0 Å². The molecule has 4 aliphatic carbocycles. The molecular weight excluding hydrogens is 388 g/mol. The van der Waals surface area contributed by atoms with Crippen LogP contribution in [0.4, 0.5) is 0 Å². The first kappa shape index (κ1) is 20.4. The maximum Gasteiger partial charge on any atom is 0.335 e. The summed E-state index contributed by atoms with van der Waals surface area (Å²) in [7, 11) is 0. The van der Waals surface area contributed by atoms with Crippen LogP contribution in [0.1, 0.15) is 63.4 Å². The topological polar surface area (TPSA) is 128 Å². The molecule has 0 bridgehead atoms. The summed E-state index contributed by atoms with van der Waals surface area (Å²) in [6, 6.07) is 2.98. The summed E-state index contributed by atoms with van der Waals surface area (Å²) in [5.74, 6) is -1.95. The molecule has 9 atom stereocenters. The Hall–Kier alpha value is -1.54. The van der Waals surface area contributed by atoms with Crippen LogP contribution in [0.3, 0.4) is 0 Å². The van der Waals surface area contributed by atoms with Gasteiger partial charge in [0.05, 0.1) is 23.6 Å². The average Bonchev–Trinajstić information content (AvgIpc) is 2.98. The van der Waals surface area contributed by atoms with Gasteiger partial charge in [0.2, 0.25) is 0 Å². The highest BCUT2D eigenvalue weighted by molar-refractivity contribution is 5.89. The average molecular weight is 418 g/mol. The van der Waals surface area contributed by atoms with Crippen molar-refractivity contribution in [1.82, 2.24) is 0 Å². The summed E-state index contributed by atoms with van der Waals surface area (Å²) in [5.41, 5.74) is -3.26. The van der Waals surface area contributed by atoms with Crippen LogP contribution in [0, 0.1) is 23.2 Å². The van der Waals surface area contributed by atoms with Gasteiger partial charge in [-0.3, -0.25) is 4.79 Å². The Bertz CT molecular complexity index is 906. The van der Waals surface area contributed by atoms with Gasteiger partial charge in [-0.1, -0.05) is 6.92 Å². The number of hydrogen-bond donors (Lipinski definition) is 4. The second kappa shape index (κ2) is 6.48. The number of carbonyl (C=O) groups is 1. The van der Waals surface area contributed by atoms with Crippen molar-refractivity contribution in [1.29, 1.82) is 0 Å². The highest BCUT2D eigenvalue weighted by atomic mass is 16.4. The number of aliphatic hydroxyl groups is 4. The molecule has 1 aromatic heterocycles. The van der Waals surface area contributed by atoms with Crippen LogP contribution < -0.4 is 5.63 Å². The molecule has 1 aromatic rings. The normalized spacial score (nSPS) is 50.5. The minimum atomic E-state index is -1.38. The van der Waals surface area contributed by atoms with E-state index in [0.717, 1.165) is 0 Å². The molecule has 7 heteroatoms. The molecule has 0 aliphatic heterocycles. The van der Waals surface area contributed by atoms with E-state index in [-0.39, 0.29) is 30.0 Å². The standard InChI is InChI=1S/C23H30O7/c1-21-14(12-2-5-17(25)30-11-12)7-9-23(21,29)16-6-8-22(28)10-13(24)3-4-15(22)18(16)19(26)20(21)27/h2,5,11,13-16,18,20,24,27-29H,3-4,6-10H2,1H3/t13-,14+,15+,16+,18+,20-,21-,22-,23-/m0/s1. The molecule has 5 rings (SSSR count). The van der Waals surface area contributed by atoms with Gasteiger partial charge in [-0.15, -0.1) is 0 Å². The fourth-order valence-corrected chi connectivity index (χ4v) is 7.71. The van der Waals surface area contributed by atoms with Crippen molar-refractivity contribution in [3.05, 3.63) is 34.4 Å². The van der Waals surface area contributed by atoms with E-state index in [0.29, 0.717) is 44.1 Å². The van der Waals surface area contributed by atoms with Crippen molar-refractivity contribution in [2.75, 3.05) is 0 Å². The predicted molar refractivity (Wildman–Crippen MR) is 106 cm³/mol. The molecule has 7 nitrogen and oxygen atoms in total. The Balaban J connectivity index is 1.56. The van der Waals surface area contributed by atoms with Crippen molar-refractivity contribution in [2.24, 2.45) is 23.2 Å². The smallest absolute Gasteiger partial charge is 0.335 e. The highest BCUT2D eigenvalue weighted by Gasteiger charge is 2.73. The molecule has 4 saturated carbocycles. The first-order chi connectivity index (χ1) is 14.1. The van der Waals surface area contributed by atoms with E-state index in [4.69, 9.17) is 4.42 Å². The van der Waals surface area contributed by atoms with Gasteiger partial charge in [-0.25, -0.2) is 4.79 Å². The lowest BCUT2D eigenvalue weighted by molar-refractivity contribution is -0.236. The van der Waals surface area contributed by atoms with Gasteiger partial charge in [0.1, 0.15) is 6.10 Å². The summed E-state index contributed by atoms with van der Waals surface area (Å²) in [6.45, 7) is 1.78. The molecule has 164 valence electrons. The van der Waals surface area contributed by atoms with E-state index in [2.05, 4.69) is 0 Å². The lowest BCUT2D eigenvalue weighted by atomic mass is 9.45. The number of hydrogen-bond acceptors (Lipinski definition) is 7. The SMILES string of the molecule is C[C@@]12[C@@H](c3ccc(=O)oc3)CC[C@]1(O)[C@@H]1CC[C@]3(O)C[C@@H](O)CC[C@@H]3[C@H]1C(=O)[C@@H]2O. The van der Waals surface area contributed by atoms with Gasteiger partial charge in [0.25, 0.3) is 0 Å². The largest absolute Gasteiger partial charge is 0.431 e. The summed E-state index contributed by atoms with van der Waals surface area (Å²) in [6.07, 6.45) is 2.60. The molecule has 4 aliphatic rings. The third-order valence-electron chi connectivity index (χ3n) is 9.22. The summed E-state index contributed by atoms with van der Waals surface area (Å²) in [4.78, 5) is 24.9. The van der Waals surface area contributed by atoms with E-state index in [9.17, 15) is 30.0 Å². The first-order valence-corrected chi connectivity index (χ1v) is 11.1. The fraction of sp³-hybridized carbons (Fsp3) is 0.739. The molecule has 4 fully saturated rings. The number of aliphatic hydroxyl groups excluding tert-OH is 2. The van der Waals surface area contributed by atoms with E-state index < -0.39 is 40.4 Å². The Kier molecular flexibility index (Phi) is 4.40.